The molecule has 1 unspecified atom stereocenters. The Balaban J connectivity index is 1.53. The first-order chi connectivity index (χ1) is 17.1. The number of amides is 1. The van der Waals surface area contributed by atoms with Gasteiger partial charge in [0, 0.05) is 24.5 Å². The second-order valence-electron chi connectivity index (χ2n) is 9.16. The third-order valence-corrected chi connectivity index (χ3v) is 6.84. The first-order valence-electron chi connectivity index (χ1n) is 11.6. The summed E-state index contributed by atoms with van der Waals surface area (Å²) in [5.74, 6) is 1.35. The molecule has 1 amide bonds. The fourth-order valence-corrected chi connectivity index (χ4v) is 4.51. The molecule has 2 heterocycles. The molecule has 0 aliphatic carbocycles. The Morgan fingerprint density at radius 1 is 1.06 bits per heavy atom. The van der Waals surface area contributed by atoms with Crippen LogP contribution in [-0.4, -0.2) is 28.6 Å². The first-order valence-corrected chi connectivity index (χ1v) is 12.5. The number of ether oxygens (including phenoxy) is 2. The number of fused-ring (bicyclic) bond motifs is 1. The number of aromatic nitrogens is 1. The maximum atomic E-state index is 13.3. The van der Waals surface area contributed by atoms with Crippen molar-refractivity contribution in [3.05, 3.63) is 75.2 Å². The zero-order valence-electron chi connectivity index (χ0n) is 20.3. The minimum atomic E-state index is -4.41. The molecule has 192 valence electrons. The third-order valence-electron chi connectivity index (χ3n) is 6.01. The number of carbonyl (C=O) groups is 1. The van der Waals surface area contributed by atoms with E-state index in [9.17, 15) is 18.0 Å². The van der Waals surface area contributed by atoms with Gasteiger partial charge in [0.25, 0.3) is 5.91 Å². The Bertz CT molecular complexity index is 1210. The van der Waals surface area contributed by atoms with Gasteiger partial charge in [-0.1, -0.05) is 38.1 Å². The molecule has 0 bridgehead atoms. The molecule has 1 atom stereocenters. The zero-order chi connectivity index (χ0) is 25.9. The molecule has 1 aliphatic rings. The number of nitrogens with zero attached hydrogens (tertiary/aromatic N) is 2. The average Bonchev–Trinajstić information content (AvgIpc) is 3.48. The predicted molar refractivity (Wildman–Crippen MR) is 131 cm³/mol. The monoisotopic (exact) mass is 519 g/mol. The summed E-state index contributed by atoms with van der Waals surface area (Å²) in [6.07, 6.45) is -4.41. The van der Waals surface area contributed by atoms with Crippen LogP contribution >= 0.6 is 11.3 Å². The van der Waals surface area contributed by atoms with Gasteiger partial charge in [-0.3, -0.25) is 9.69 Å². The second kappa shape index (κ2) is 10.9. The largest absolute Gasteiger partial charge is 0.454 e. The van der Waals surface area contributed by atoms with E-state index < -0.39 is 11.7 Å². The van der Waals surface area contributed by atoms with Crippen molar-refractivity contribution in [1.82, 2.24) is 15.2 Å². The predicted octanol–water partition coefficient (Wildman–Crippen LogP) is 5.87. The van der Waals surface area contributed by atoms with Crippen LogP contribution < -0.4 is 14.8 Å². The van der Waals surface area contributed by atoms with Crippen molar-refractivity contribution in [2.45, 2.75) is 52.6 Å². The van der Waals surface area contributed by atoms with Crippen LogP contribution in [0.4, 0.5) is 13.2 Å². The van der Waals surface area contributed by atoms with Crippen LogP contribution in [-0.2, 0) is 25.8 Å². The quantitative estimate of drug-likeness (QED) is 0.383. The van der Waals surface area contributed by atoms with Gasteiger partial charge in [0.2, 0.25) is 6.79 Å². The molecule has 0 fully saturated rings. The van der Waals surface area contributed by atoms with Gasteiger partial charge < -0.3 is 14.8 Å². The average molecular weight is 520 g/mol. The Morgan fingerprint density at radius 3 is 2.50 bits per heavy atom. The number of carbonyl (C=O) groups excluding carboxylic acids is 1. The second-order valence-corrected chi connectivity index (χ2v) is 10.1. The van der Waals surface area contributed by atoms with Crippen molar-refractivity contribution in [1.29, 1.82) is 0 Å². The first kappa shape index (κ1) is 26.0. The van der Waals surface area contributed by atoms with E-state index in [1.54, 1.807) is 11.4 Å². The lowest BCUT2D eigenvalue weighted by atomic mass is 10.1. The smallest absolute Gasteiger partial charge is 0.416 e. The third kappa shape index (κ3) is 6.55. The maximum absolute atomic E-state index is 13.3. The summed E-state index contributed by atoms with van der Waals surface area (Å²) in [5, 5.41) is 5.35. The summed E-state index contributed by atoms with van der Waals surface area (Å²) in [6, 6.07) is 10.9. The Kier molecular flexibility index (Phi) is 7.85. The minimum Gasteiger partial charge on any atom is -0.454 e. The van der Waals surface area contributed by atoms with Crippen molar-refractivity contribution in [2.75, 3.05) is 6.79 Å². The minimum absolute atomic E-state index is 0.00562. The van der Waals surface area contributed by atoms with E-state index in [0.29, 0.717) is 40.9 Å². The van der Waals surface area contributed by atoms with Gasteiger partial charge in [-0.2, -0.15) is 13.2 Å². The molecule has 10 heteroatoms. The molecule has 1 aromatic heterocycles. The highest BCUT2D eigenvalue weighted by Crippen LogP contribution is 2.33. The normalized spacial score (nSPS) is 13.9. The van der Waals surface area contributed by atoms with Crippen LogP contribution in [0, 0.1) is 5.92 Å². The van der Waals surface area contributed by atoms with Crippen LogP contribution in [0.2, 0.25) is 0 Å². The number of rotatable bonds is 9. The van der Waals surface area contributed by atoms with Gasteiger partial charge in [-0.15, -0.1) is 11.3 Å². The van der Waals surface area contributed by atoms with E-state index in [1.165, 1.54) is 23.5 Å². The number of halogens is 3. The Labute approximate surface area is 212 Å². The van der Waals surface area contributed by atoms with E-state index in [4.69, 9.17) is 9.47 Å². The number of hydrogen-bond acceptors (Lipinski definition) is 6. The van der Waals surface area contributed by atoms with Gasteiger partial charge in [0.15, 0.2) is 11.5 Å². The highest BCUT2D eigenvalue weighted by molar-refractivity contribution is 7.09. The van der Waals surface area contributed by atoms with Crippen molar-refractivity contribution in [3.8, 4) is 11.5 Å². The molecule has 1 N–H and O–H groups in total. The van der Waals surface area contributed by atoms with Crippen LogP contribution in [0.3, 0.4) is 0 Å². The van der Waals surface area contributed by atoms with E-state index >= 15 is 0 Å². The van der Waals surface area contributed by atoms with Crippen molar-refractivity contribution < 1.29 is 27.4 Å². The summed E-state index contributed by atoms with van der Waals surface area (Å²) < 4.78 is 50.6. The molecule has 0 radical (unpaired) electrons. The Hall–Kier alpha value is -3.11. The van der Waals surface area contributed by atoms with Crippen LogP contribution in [0.1, 0.15) is 53.0 Å². The van der Waals surface area contributed by atoms with E-state index in [1.807, 2.05) is 43.9 Å². The standard InChI is InChI=1S/C26H28F3N3O3S/c1-16(2)17(3)30-25(33)21-14-36-24(31-21)13-32(11-18-5-4-6-20(9-18)26(27,28)29)12-19-7-8-22-23(10-19)35-15-34-22/h4-10,14,16-17H,11-13,15H2,1-3H3,(H,30,33). The van der Waals surface area contributed by atoms with Gasteiger partial charge >= 0.3 is 6.18 Å². The number of nitrogens with one attached hydrogen (secondary N) is 1. The summed E-state index contributed by atoms with van der Waals surface area (Å²) in [5.41, 5.74) is 1.11. The molecular weight excluding hydrogens is 491 g/mol. The van der Waals surface area contributed by atoms with Crippen LogP contribution in [0.25, 0.3) is 0 Å². The number of benzene rings is 2. The summed E-state index contributed by atoms with van der Waals surface area (Å²) >= 11 is 1.35. The van der Waals surface area contributed by atoms with Gasteiger partial charge in [0.1, 0.15) is 10.7 Å². The lowest BCUT2D eigenvalue weighted by molar-refractivity contribution is -0.137. The van der Waals surface area contributed by atoms with Gasteiger partial charge in [-0.25, -0.2) is 4.98 Å². The fraction of sp³-hybridized carbons (Fsp3) is 0.385. The maximum Gasteiger partial charge on any atom is 0.416 e. The molecule has 3 aromatic rings. The van der Waals surface area contributed by atoms with Crippen LogP contribution in [0.15, 0.2) is 47.8 Å². The molecular formula is C26H28F3N3O3S. The molecule has 6 nitrogen and oxygen atoms in total. The lowest BCUT2D eigenvalue weighted by Crippen LogP contribution is -2.36. The van der Waals surface area contributed by atoms with E-state index in [2.05, 4.69) is 10.3 Å². The molecule has 0 saturated heterocycles. The summed E-state index contributed by atoms with van der Waals surface area (Å²) in [7, 11) is 0. The van der Waals surface area contributed by atoms with E-state index in [-0.39, 0.29) is 31.2 Å². The van der Waals surface area contributed by atoms with Gasteiger partial charge in [0.05, 0.1) is 12.1 Å². The van der Waals surface area contributed by atoms with Gasteiger partial charge in [-0.05, 0) is 42.2 Å². The SMILES string of the molecule is CC(C)C(C)NC(=O)c1csc(CN(Cc2cccc(C(F)(F)F)c2)Cc2ccc3c(c2)OCO3)n1. The number of alkyl halides is 3. The summed E-state index contributed by atoms with van der Waals surface area (Å²) in [4.78, 5) is 19.1. The fourth-order valence-electron chi connectivity index (χ4n) is 3.70. The summed E-state index contributed by atoms with van der Waals surface area (Å²) in [6.45, 7) is 7.23. The lowest BCUT2D eigenvalue weighted by Gasteiger charge is -2.22. The Morgan fingerprint density at radius 2 is 1.78 bits per heavy atom. The van der Waals surface area contributed by atoms with Crippen molar-refractivity contribution in [2.24, 2.45) is 5.92 Å². The van der Waals surface area contributed by atoms with E-state index in [0.717, 1.165) is 11.6 Å². The van der Waals surface area contributed by atoms with Crippen molar-refractivity contribution in [3.63, 3.8) is 0 Å². The van der Waals surface area contributed by atoms with Crippen molar-refractivity contribution >= 4 is 17.2 Å². The highest BCUT2D eigenvalue weighted by Gasteiger charge is 2.30. The molecule has 0 saturated carbocycles. The molecule has 1 aliphatic heterocycles. The molecule has 36 heavy (non-hydrogen) atoms. The molecule has 0 spiro atoms. The topological polar surface area (TPSA) is 63.7 Å². The number of thiazole rings is 1. The highest BCUT2D eigenvalue weighted by atomic mass is 32.1. The zero-order valence-corrected chi connectivity index (χ0v) is 21.1. The number of hydrogen-bond donors (Lipinski definition) is 1. The van der Waals surface area contributed by atoms with Crippen LogP contribution in [0.5, 0.6) is 11.5 Å². The molecule has 4 rings (SSSR count). The molecule has 2 aromatic carbocycles.